The van der Waals surface area contributed by atoms with E-state index in [2.05, 4.69) is 20.4 Å². The second-order valence-corrected chi connectivity index (χ2v) is 11.6. The summed E-state index contributed by atoms with van der Waals surface area (Å²) in [6.45, 7) is 10.0. The van der Waals surface area contributed by atoms with Crippen molar-refractivity contribution in [3.8, 4) is 17.1 Å². The van der Waals surface area contributed by atoms with Crippen molar-refractivity contribution in [3.63, 3.8) is 0 Å². The molecule has 4 rings (SSSR count). The molecule has 0 spiro atoms. The first-order chi connectivity index (χ1) is 19.3. The van der Waals surface area contributed by atoms with Crippen molar-refractivity contribution >= 4 is 11.8 Å². The van der Waals surface area contributed by atoms with Crippen LogP contribution in [0.25, 0.3) is 11.4 Å². The van der Waals surface area contributed by atoms with Gasteiger partial charge in [-0.1, -0.05) is 31.8 Å². The number of nitrogens with zero attached hydrogens (tertiary/aromatic N) is 4. The average molecular weight is 558 g/mol. The fraction of sp³-hybridized carbons (Fsp3) is 0.667. The van der Waals surface area contributed by atoms with E-state index in [-0.39, 0.29) is 23.6 Å². The Bertz CT molecular complexity index is 1120. The zero-order chi connectivity index (χ0) is 28.5. The van der Waals surface area contributed by atoms with Crippen molar-refractivity contribution in [1.29, 1.82) is 0 Å². The fourth-order valence-corrected chi connectivity index (χ4v) is 5.58. The maximum atomic E-state index is 14.8. The van der Waals surface area contributed by atoms with E-state index in [0.29, 0.717) is 49.2 Å². The number of carbonyl (C=O) groups excluding carboxylic acids is 2. The number of carbonyl (C=O) groups is 2. The van der Waals surface area contributed by atoms with Gasteiger partial charge in [0.25, 0.3) is 0 Å². The molecular weight excluding hydrogens is 513 g/mol. The van der Waals surface area contributed by atoms with Crippen molar-refractivity contribution in [2.45, 2.75) is 78.2 Å². The van der Waals surface area contributed by atoms with Crippen LogP contribution in [0.5, 0.6) is 5.75 Å². The highest BCUT2D eigenvalue weighted by atomic mass is 19.1. The standard InChI is InChI=1S/C30H44FN5O4/c1-21(2)18-27(37)32-22(3)30(38)36-14-6-12-35(15-16-36)13-7-17-39-24-10-11-25(26(31)20-24)29-33-28(40-34-29)19-23-8-4-5-9-23/h10-11,20-23H,4-9,12-19H2,1-3H3,(H,32,37)/t22-/m1/s1. The van der Waals surface area contributed by atoms with Crippen molar-refractivity contribution in [2.24, 2.45) is 11.8 Å². The highest BCUT2D eigenvalue weighted by Crippen LogP contribution is 2.29. The van der Waals surface area contributed by atoms with E-state index in [1.54, 1.807) is 19.1 Å². The molecule has 1 aliphatic carbocycles. The molecule has 2 aromatic rings. The lowest BCUT2D eigenvalue weighted by Crippen LogP contribution is -2.48. The van der Waals surface area contributed by atoms with Gasteiger partial charge >= 0.3 is 0 Å². The molecule has 1 N–H and O–H groups in total. The molecule has 0 unspecified atom stereocenters. The number of hydrogen-bond acceptors (Lipinski definition) is 7. The molecule has 2 heterocycles. The van der Waals surface area contributed by atoms with Gasteiger partial charge in [-0.2, -0.15) is 4.98 Å². The van der Waals surface area contributed by atoms with Gasteiger partial charge in [-0.3, -0.25) is 9.59 Å². The molecule has 2 aliphatic rings. The van der Waals surface area contributed by atoms with Gasteiger partial charge in [-0.25, -0.2) is 4.39 Å². The second-order valence-electron chi connectivity index (χ2n) is 11.6. The number of rotatable bonds is 12. The van der Waals surface area contributed by atoms with Crippen LogP contribution in [0.4, 0.5) is 4.39 Å². The first kappa shape index (κ1) is 30.0. The minimum Gasteiger partial charge on any atom is -0.493 e. The number of amides is 2. The van der Waals surface area contributed by atoms with E-state index in [9.17, 15) is 14.0 Å². The Morgan fingerprint density at radius 3 is 2.67 bits per heavy atom. The SMILES string of the molecule is CC(C)CC(=O)N[C@H](C)C(=O)N1CCCN(CCCOc2ccc(-c3noc(CC4CCCC4)n3)c(F)c2)CC1. The maximum Gasteiger partial charge on any atom is 0.244 e. The normalized spacial score (nSPS) is 17.7. The molecule has 0 radical (unpaired) electrons. The highest BCUT2D eigenvalue weighted by molar-refractivity contribution is 5.87. The van der Waals surface area contributed by atoms with E-state index in [1.807, 2.05) is 18.7 Å². The van der Waals surface area contributed by atoms with E-state index >= 15 is 0 Å². The van der Waals surface area contributed by atoms with Crippen molar-refractivity contribution in [3.05, 3.63) is 29.9 Å². The predicted molar refractivity (Wildman–Crippen MR) is 150 cm³/mol. The third kappa shape index (κ3) is 8.74. The van der Waals surface area contributed by atoms with E-state index in [4.69, 9.17) is 9.26 Å². The summed E-state index contributed by atoms with van der Waals surface area (Å²) in [7, 11) is 0. The summed E-state index contributed by atoms with van der Waals surface area (Å²) < 4.78 is 26.0. The van der Waals surface area contributed by atoms with Gasteiger partial charge in [0.1, 0.15) is 17.6 Å². The molecule has 1 aromatic heterocycles. The highest BCUT2D eigenvalue weighted by Gasteiger charge is 2.25. The summed E-state index contributed by atoms with van der Waals surface area (Å²) in [5.74, 6) is 1.62. The summed E-state index contributed by atoms with van der Waals surface area (Å²) in [4.78, 5) is 33.5. The van der Waals surface area contributed by atoms with Gasteiger partial charge in [-0.05, 0) is 63.1 Å². The van der Waals surface area contributed by atoms with Gasteiger partial charge in [0.15, 0.2) is 0 Å². The van der Waals surface area contributed by atoms with Gasteiger partial charge in [0, 0.05) is 45.1 Å². The van der Waals surface area contributed by atoms with Crippen LogP contribution in [0.3, 0.4) is 0 Å². The zero-order valence-electron chi connectivity index (χ0n) is 24.2. The largest absolute Gasteiger partial charge is 0.493 e. The molecule has 10 heteroatoms. The molecule has 40 heavy (non-hydrogen) atoms. The fourth-order valence-electron chi connectivity index (χ4n) is 5.58. The average Bonchev–Trinajstić information content (AvgIpc) is 3.54. The third-order valence-electron chi connectivity index (χ3n) is 7.72. The Labute approximate surface area is 236 Å². The number of halogens is 1. The molecule has 9 nitrogen and oxygen atoms in total. The Kier molecular flexibility index (Phi) is 10.9. The van der Waals surface area contributed by atoms with Crippen molar-refractivity contribution < 1.29 is 23.2 Å². The topological polar surface area (TPSA) is 101 Å². The van der Waals surface area contributed by atoms with Gasteiger partial charge < -0.3 is 24.4 Å². The monoisotopic (exact) mass is 557 g/mol. The van der Waals surface area contributed by atoms with Crippen LogP contribution in [0.15, 0.2) is 22.7 Å². The van der Waals surface area contributed by atoms with Crippen LogP contribution in [0.1, 0.15) is 71.6 Å². The first-order valence-corrected chi connectivity index (χ1v) is 14.8. The first-order valence-electron chi connectivity index (χ1n) is 14.8. The lowest BCUT2D eigenvalue weighted by atomic mass is 10.0. The quantitative estimate of drug-likeness (QED) is 0.385. The van der Waals surface area contributed by atoms with Gasteiger partial charge in [0.05, 0.1) is 12.2 Å². The number of ether oxygens (including phenoxy) is 1. The maximum absolute atomic E-state index is 14.8. The zero-order valence-corrected chi connectivity index (χ0v) is 24.2. The smallest absolute Gasteiger partial charge is 0.244 e. The minimum absolute atomic E-state index is 0.0291. The summed E-state index contributed by atoms with van der Waals surface area (Å²) in [6, 6.07) is 4.24. The van der Waals surface area contributed by atoms with Crippen LogP contribution < -0.4 is 10.1 Å². The predicted octanol–water partition coefficient (Wildman–Crippen LogP) is 4.46. The molecule has 1 saturated heterocycles. The van der Waals surface area contributed by atoms with Crippen molar-refractivity contribution in [2.75, 3.05) is 39.3 Å². The molecule has 1 saturated carbocycles. The van der Waals surface area contributed by atoms with Crippen molar-refractivity contribution in [1.82, 2.24) is 25.3 Å². The summed E-state index contributed by atoms with van der Waals surface area (Å²) in [6.07, 6.45) is 7.72. The number of nitrogens with one attached hydrogen (secondary N) is 1. The molecule has 0 bridgehead atoms. The van der Waals surface area contributed by atoms with Crippen LogP contribution in [-0.4, -0.2) is 77.1 Å². The van der Waals surface area contributed by atoms with E-state index in [0.717, 1.165) is 38.9 Å². The van der Waals surface area contributed by atoms with Gasteiger partial charge in [0.2, 0.25) is 23.5 Å². The lowest BCUT2D eigenvalue weighted by molar-refractivity contribution is -0.136. The minimum atomic E-state index is -0.517. The lowest BCUT2D eigenvalue weighted by Gasteiger charge is -2.25. The summed E-state index contributed by atoms with van der Waals surface area (Å²) in [5, 5.41) is 6.82. The van der Waals surface area contributed by atoms with Crippen LogP contribution in [0.2, 0.25) is 0 Å². The third-order valence-corrected chi connectivity index (χ3v) is 7.72. The molecule has 2 amide bonds. The molecule has 1 aromatic carbocycles. The molecule has 2 fully saturated rings. The van der Waals surface area contributed by atoms with E-state index < -0.39 is 11.9 Å². The number of hydrogen-bond donors (Lipinski definition) is 1. The molecule has 1 atom stereocenters. The summed E-state index contributed by atoms with van der Waals surface area (Å²) in [5.41, 5.74) is 0.311. The molecular formula is C30H44FN5O4. The molecule has 220 valence electrons. The molecule has 1 aliphatic heterocycles. The van der Waals surface area contributed by atoms with Crippen LogP contribution in [-0.2, 0) is 16.0 Å². The van der Waals surface area contributed by atoms with E-state index in [1.165, 1.54) is 31.7 Å². The Hall–Kier alpha value is -3.01. The second kappa shape index (κ2) is 14.6. The van der Waals surface area contributed by atoms with Gasteiger partial charge in [-0.15, -0.1) is 0 Å². The number of benzene rings is 1. The number of aromatic nitrogens is 2. The Morgan fingerprint density at radius 2 is 1.93 bits per heavy atom. The summed E-state index contributed by atoms with van der Waals surface area (Å²) >= 11 is 0. The Morgan fingerprint density at radius 1 is 1.12 bits per heavy atom. The van der Waals surface area contributed by atoms with Crippen LogP contribution in [0, 0.1) is 17.7 Å². The Balaban J connectivity index is 1.17. The van der Waals surface area contributed by atoms with Crippen LogP contribution >= 0.6 is 0 Å².